The third-order valence-corrected chi connectivity index (χ3v) is 7.99. The topological polar surface area (TPSA) is 0 Å². The molecule has 0 aromatic heterocycles. The van der Waals surface area contributed by atoms with Crippen LogP contribution in [0.1, 0.15) is 5.56 Å². The summed E-state index contributed by atoms with van der Waals surface area (Å²) in [7, 11) is 0. The first-order valence-corrected chi connectivity index (χ1v) is 13.0. The molecule has 4 aliphatic rings. The Balaban J connectivity index is 1.48. The molecule has 0 saturated heterocycles. The van der Waals surface area contributed by atoms with Crippen LogP contribution in [0.3, 0.4) is 0 Å². The lowest BCUT2D eigenvalue weighted by molar-refractivity contribution is 0.648. The summed E-state index contributed by atoms with van der Waals surface area (Å²) in [6, 6.07) is 28.8. The fraction of sp³-hybridized carbons (Fsp3) is 0.111. The Labute approximate surface area is 213 Å². The van der Waals surface area contributed by atoms with Gasteiger partial charge in [0.1, 0.15) is 0 Å². The third-order valence-electron chi connectivity index (χ3n) is 7.99. The fourth-order valence-corrected chi connectivity index (χ4v) is 6.32. The highest BCUT2D eigenvalue weighted by Gasteiger charge is 2.33. The summed E-state index contributed by atoms with van der Waals surface area (Å²) in [5, 5.41) is 2.72. The van der Waals surface area contributed by atoms with Crippen LogP contribution >= 0.6 is 0 Å². The van der Waals surface area contributed by atoms with Crippen molar-refractivity contribution in [1.29, 1.82) is 0 Å². The van der Waals surface area contributed by atoms with Gasteiger partial charge >= 0.3 is 0 Å². The van der Waals surface area contributed by atoms with E-state index in [4.69, 9.17) is 0 Å². The van der Waals surface area contributed by atoms with Crippen molar-refractivity contribution >= 4 is 11.1 Å². The van der Waals surface area contributed by atoms with Gasteiger partial charge in [-0.1, -0.05) is 140 Å². The molecule has 3 aromatic carbocycles. The molecule has 3 aromatic rings. The minimum atomic E-state index is 0.305. The lowest BCUT2D eigenvalue weighted by Gasteiger charge is -2.35. The maximum atomic E-state index is 2.49. The smallest absolute Gasteiger partial charge is 0.0137 e. The van der Waals surface area contributed by atoms with Gasteiger partial charge in [-0.15, -0.1) is 0 Å². The van der Waals surface area contributed by atoms with E-state index in [1.54, 1.807) is 0 Å². The van der Waals surface area contributed by atoms with Crippen molar-refractivity contribution in [2.75, 3.05) is 0 Å². The zero-order chi connectivity index (χ0) is 23.9. The van der Waals surface area contributed by atoms with Crippen LogP contribution in [-0.4, -0.2) is 0 Å². The second kappa shape index (κ2) is 8.81. The summed E-state index contributed by atoms with van der Waals surface area (Å²) in [4.78, 5) is 0. The van der Waals surface area contributed by atoms with Crippen molar-refractivity contribution in [3.63, 3.8) is 0 Å². The van der Waals surface area contributed by atoms with Crippen molar-refractivity contribution in [1.82, 2.24) is 0 Å². The molecule has 0 radical (unpaired) electrons. The number of hydrogen-bond acceptors (Lipinski definition) is 0. The minimum absolute atomic E-state index is 0.305. The molecular formula is C36H28. The Morgan fingerprint density at radius 3 is 1.86 bits per heavy atom. The number of benzene rings is 3. The van der Waals surface area contributed by atoms with E-state index in [9.17, 15) is 0 Å². The summed E-state index contributed by atoms with van der Waals surface area (Å²) in [6.07, 6.45) is 25.5. The van der Waals surface area contributed by atoms with Crippen LogP contribution in [0, 0.1) is 23.7 Å². The maximum absolute atomic E-state index is 2.49. The van der Waals surface area contributed by atoms with Gasteiger partial charge in [-0.05, 0) is 49.9 Å². The van der Waals surface area contributed by atoms with Crippen LogP contribution in [0.5, 0.6) is 0 Å². The molecule has 0 bridgehead atoms. The second-order valence-corrected chi connectivity index (χ2v) is 10.0. The molecule has 0 heterocycles. The normalized spacial score (nSPS) is 25.3. The first kappa shape index (κ1) is 21.1. The Kier molecular flexibility index (Phi) is 5.17. The van der Waals surface area contributed by atoms with E-state index >= 15 is 0 Å². The summed E-state index contributed by atoms with van der Waals surface area (Å²) >= 11 is 0. The predicted molar refractivity (Wildman–Crippen MR) is 151 cm³/mol. The van der Waals surface area contributed by atoms with E-state index in [0.29, 0.717) is 23.7 Å². The largest absolute Gasteiger partial charge is 0.0767 e. The monoisotopic (exact) mass is 460 g/mol. The van der Waals surface area contributed by atoms with Gasteiger partial charge in [-0.25, -0.2) is 0 Å². The molecule has 4 unspecified atom stereocenters. The van der Waals surface area contributed by atoms with Crippen molar-refractivity contribution in [2.24, 2.45) is 23.7 Å². The molecule has 36 heavy (non-hydrogen) atoms. The van der Waals surface area contributed by atoms with Gasteiger partial charge in [0.2, 0.25) is 0 Å². The number of allylic oxidation sites excluding steroid dienone is 12. The molecule has 0 amide bonds. The van der Waals surface area contributed by atoms with Gasteiger partial charge in [-0.3, -0.25) is 0 Å². The lowest BCUT2D eigenvalue weighted by Crippen LogP contribution is -2.40. The van der Waals surface area contributed by atoms with Gasteiger partial charge in [0.15, 0.2) is 0 Å². The van der Waals surface area contributed by atoms with E-state index in [1.165, 1.54) is 43.8 Å². The predicted octanol–water partition coefficient (Wildman–Crippen LogP) is 6.93. The van der Waals surface area contributed by atoms with Crippen LogP contribution in [0.25, 0.3) is 22.3 Å². The van der Waals surface area contributed by atoms with Crippen molar-refractivity contribution < 1.29 is 0 Å². The van der Waals surface area contributed by atoms with Crippen LogP contribution in [-0.2, 0) is 0 Å². The summed E-state index contributed by atoms with van der Waals surface area (Å²) in [5.41, 5.74) is 8.09. The highest BCUT2D eigenvalue weighted by Crippen LogP contribution is 2.43. The van der Waals surface area contributed by atoms with Gasteiger partial charge in [0.05, 0.1) is 0 Å². The molecule has 0 nitrogen and oxygen atoms in total. The Hall–Kier alpha value is -4.16. The summed E-state index contributed by atoms with van der Waals surface area (Å²) in [5.74, 6) is 1.53. The van der Waals surface area contributed by atoms with Gasteiger partial charge < -0.3 is 0 Å². The van der Waals surface area contributed by atoms with E-state index < -0.39 is 0 Å². The molecular weight excluding hydrogens is 432 g/mol. The highest BCUT2D eigenvalue weighted by atomic mass is 14.4. The molecule has 0 N–H and O–H groups in total. The minimum Gasteiger partial charge on any atom is -0.0767 e. The first-order valence-electron chi connectivity index (χ1n) is 13.0. The fourth-order valence-electron chi connectivity index (χ4n) is 6.32. The Bertz CT molecular complexity index is 1640. The maximum Gasteiger partial charge on any atom is 0.0137 e. The number of fused-ring (bicyclic) bond motifs is 3. The van der Waals surface area contributed by atoms with Crippen molar-refractivity contribution in [2.45, 2.75) is 0 Å². The van der Waals surface area contributed by atoms with Gasteiger partial charge in [0, 0.05) is 23.7 Å². The van der Waals surface area contributed by atoms with Crippen LogP contribution in [0.2, 0.25) is 0 Å². The molecule has 0 saturated carbocycles. The van der Waals surface area contributed by atoms with Crippen molar-refractivity contribution in [3.05, 3.63) is 167 Å². The standard InChI is InChI=1S/C36H28/c1-2-11-25(12-3-1)28-15-10-16-29(23-28)35-31-17-6-8-19-33(31)36(34-20-9-7-18-32(34)35)30-22-21-26-13-4-5-14-27(26)24-30/h1-24,26-27,31,33H. The zero-order valence-electron chi connectivity index (χ0n) is 20.2. The van der Waals surface area contributed by atoms with Crippen LogP contribution in [0.15, 0.2) is 151 Å². The van der Waals surface area contributed by atoms with Gasteiger partial charge in [0.25, 0.3) is 0 Å². The molecule has 172 valence electrons. The van der Waals surface area contributed by atoms with Gasteiger partial charge in [-0.2, -0.15) is 0 Å². The zero-order valence-corrected chi connectivity index (χ0v) is 20.2. The highest BCUT2D eigenvalue weighted by molar-refractivity contribution is 5.83. The van der Waals surface area contributed by atoms with Crippen LogP contribution in [0.4, 0.5) is 0 Å². The van der Waals surface area contributed by atoms with E-state index in [1.807, 2.05) is 0 Å². The Morgan fingerprint density at radius 2 is 1.06 bits per heavy atom. The van der Waals surface area contributed by atoms with E-state index in [2.05, 4.69) is 146 Å². The third kappa shape index (κ3) is 3.53. The molecule has 0 aliphatic heterocycles. The quantitative estimate of drug-likeness (QED) is 0.398. The second-order valence-electron chi connectivity index (χ2n) is 10.0. The first-order chi connectivity index (χ1) is 17.9. The number of hydrogen-bond donors (Lipinski definition) is 0. The lowest BCUT2D eigenvalue weighted by atomic mass is 9.68. The molecule has 4 atom stereocenters. The molecule has 0 fully saturated rings. The number of rotatable bonds is 3. The molecule has 4 aliphatic carbocycles. The molecule has 7 rings (SSSR count). The SMILES string of the molecule is C1=CC2C=CC(C3=c4ccccc4=C(c4cccc(-c5ccccc5)c4)C4C=CC=CC34)=CC2C=C1. The molecule has 0 spiro atoms. The van der Waals surface area contributed by atoms with E-state index in [0.717, 1.165) is 0 Å². The Morgan fingerprint density at radius 1 is 0.444 bits per heavy atom. The van der Waals surface area contributed by atoms with Crippen molar-refractivity contribution in [3.8, 4) is 11.1 Å². The average molecular weight is 461 g/mol. The summed E-state index contributed by atoms with van der Waals surface area (Å²) < 4.78 is 0. The van der Waals surface area contributed by atoms with E-state index in [-0.39, 0.29) is 0 Å². The van der Waals surface area contributed by atoms with Crippen LogP contribution < -0.4 is 10.4 Å². The summed E-state index contributed by atoms with van der Waals surface area (Å²) in [6.45, 7) is 0. The molecule has 0 heteroatoms. The average Bonchev–Trinajstić information content (AvgIpc) is 2.96.